The molecule has 0 heterocycles. The molecule has 0 spiro atoms. The Balaban J connectivity index is -0.000000204. The molecule has 0 aromatic rings. The smallest absolute Gasteiger partial charge is 0.105 e. The molecule has 9 heteroatoms. The number of hydrogen-bond acceptors (Lipinski definition) is 9. The summed E-state index contributed by atoms with van der Waals surface area (Å²) >= 11 is 5.45. The standard InChI is InChI=1S/C19H40N2S.C18H38N2S.C17H36N2S.3CH4/c1-3-4-5-6-7-8-9-10-11-12-13-14-15-17-20-21-18-16-19-22-2;1-3-4-5-6-7-8-9-10-11-12-13-14-15-16-19-20-17-18-21-2;1-3-4-5-6-7-8-9-10-11-12-13-14-15-16-18-19-17-20-2;;;/h3-19H2,1-2H3;3-18H2,1-2H3;3-17H2,1-2H3;3*1H4/i;;;3*1D. The molecule has 0 aromatic heterocycles. The van der Waals surface area contributed by atoms with Crippen LogP contribution in [0.5, 0.6) is 0 Å². The third-order valence-electron chi connectivity index (χ3n) is 11.6. The molecule has 0 unspecified atom stereocenters. The summed E-state index contributed by atoms with van der Waals surface area (Å²) in [5.74, 6) is 3.12. The molecule has 0 aliphatic heterocycles. The second-order valence-electron chi connectivity index (χ2n) is 18.0. The lowest BCUT2D eigenvalue weighted by atomic mass is 10.0. The molecular weight excluding hydrogens is 865 g/mol. The Hall–Kier alpha value is -0.150. The van der Waals surface area contributed by atoms with Crippen LogP contribution in [0.3, 0.4) is 0 Å². The predicted octanol–water partition coefficient (Wildman–Crippen LogP) is 22.9. The van der Waals surface area contributed by atoms with Crippen molar-refractivity contribution in [3.63, 3.8) is 0 Å². The summed E-state index contributed by atoms with van der Waals surface area (Å²) in [6.45, 7) is 11.5. The van der Waals surface area contributed by atoms with Crippen molar-refractivity contribution in [3.8, 4) is 0 Å². The summed E-state index contributed by atoms with van der Waals surface area (Å²) < 4.78 is 17.2. The van der Waals surface area contributed by atoms with Gasteiger partial charge < -0.3 is 0 Å². The zero-order valence-corrected chi connectivity index (χ0v) is 49.3. The fraction of sp³-hybridized carbons (Fsp3) is 1.00. The molecule has 0 fully saturated rings. The van der Waals surface area contributed by atoms with Gasteiger partial charge in [0.25, 0.3) is 0 Å². The van der Waals surface area contributed by atoms with Gasteiger partial charge in [-0.15, -0.1) is 11.8 Å². The third-order valence-corrected chi connectivity index (χ3v) is 13.2. The first-order chi connectivity index (χ1) is 34.2. The normalized spacial score (nSPS) is 11.3. The fourth-order valence-electron chi connectivity index (χ4n) is 7.46. The second-order valence-corrected chi connectivity index (χ2v) is 20.8. The highest BCUT2D eigenvalue weighted by molar-refractivity contribution is 7.98. The van der Waals surface area contributed by atoms with E-state index in [1.54, 1.807) is 11.8 Å². The van der Waals surface area contributed by atoms with Crippen molar-refractivity contribution in [2.75, 3.05) is 68.9 Å². The number of thioether (sulfide) groups is 3. The SMILES string of the molecule is CCCCCCCCCCCCCCCN=NCCCSC.CCCCCCCCCCCCCCCN=NCCSC.CCCCCCCCCCCCCCCN=NCSC.[2H]C.[2H]C.[2H]C. The monoisotopic (exact) mass is 994 g/mol. The summed E-state index contributed by atoms with van der Waals surface area (Å²) in [4.78, 5) is 0. The van der Waals surface area contributed by atoms with E-state index in [2.05, 4.69) is 70.2 Å². The van der Waals surface area contributed by atoms with E-state index in [-0.39, 0.29) is 0 Å². The van der Waals surface area contributed by atoms with Gasteiger partial charge in [0.05, 0.1) is 32.7 Å². The van der Waals surface area contributed by atoms with Gasteiger partial charge in [-0.25, -0.2) is 0 Å². The molecular formula is C57H126N6S3. The van der Waals surface area contributed by atoms with E-state index in [4.69, 9.17) is 4.11 Å². The van der Waals surface area contributed by atoms with E-state index in [9.17, 15) is 0 Å². The van der Waals surface area contributed by atoms with Crippen molar-refractivity contribution in [3.05, 3.63) is 0 Å². The number of hydrogen-bond donors (Lipinski definition) is 0. The molecule has 0 radical (unpaired) electrons. The molecule has 0 N–H and O–H groups in total. The van der Waals surface area contributed by atoms with Crippen LogP contribution < -0.4 is 0 Å². The Morgan fingerprint density at radius 1 is 0.242 bits per heavy atom. The summed E-state index contributed by atoms with van der Waals surface area (Å²) in [5.41, 5.74) is 0. The minimum Gasteiger partial charge on any atom is -0.194 e. The van der Waals surface area contributed by atoms with Crippen LogP contribution in [-0.2, 0) is 0 Å². The molecule has 0 amide bonds. The Labute approximate surface area is 436 Å². The van der Waals surface area contributed by atoms with Crippen molar-refractivity contribution >= 4 is 35.3 Å². The Morgan fingerprint density at radius 3 is 0.697 bits per heavy atom. The molecule has 0 aliphatic rings. The van der Waals surface area contributed by atoms with Gasteiger partial charge in [0.1, 0.15) is 5.88 Å². The average Bonchev–Trinajstić information content (AvgIpc) is 3.39. The van der Waals surface area contributed by atoms with E-state index in [0.717, 1.165) is 44.4 Å². The minimum absolute atomic E-state index is 0.818. The lowest BCUT2D eigenvalue weighted by Crippen LogP contribution is -1.86. The van der Waals surface area contributed by atoms with Crippen molar-refractivity contribution in [1.82, 2.24) is 0 Å². The van der Waals surface area contributed by atoms with Crippen LogP contribution in [0.15, 0.2) is 30.7 Å². The summed E-state index contributed by atoms with van der Waals surface area (Å²) in [5, 5.41) is 25.1. The number of rotatable bonds is 51. The number of azo groups is 3. The molecule has 0 atom stereocenters. The highest BCUT2D eigenvalue weighted by Gasteiger charge is 1.97. The fourth-order valence-corrected chi connectivity index (χ4v) is 8.34. The lowest BCUT2D eigenvalue weighted by Gasteiger charge is -2.02. The summed E-state index contributed by atoms with van der Waals surface area (Å²) in [6.07, 6.45) is 62.4. The second kappa shape index (κ2) is 81.8. The van der Waals surface area contributed by atoms with Gasteiger partial charge in [0.2, 0.25) is 0 Å². The average molecular weight is 995 g/mol. The molecule has 0 aliphatic carbocycles. The third kappa shape index (κ3) is 87.0. The highest BCUT2D eigenvalue weighted by Crippen LogP contribution is 2.15. The van der Waals surface area contributed by atoms with Crippen LogP contribution in [0.2, 0.25) is 0 Å². The maximum Gasteiger partial charge on any atom is 0.105 e. The molecule has 6 nitrogen and oxygen atoms in total. The topological polar surface area (TPSA) is 74.2 Å². The maximum atomic E-state index is 5.75. The zero-order valence-electron chi connectivity index (χ0n) is 49.8. The van der Waals surface area contributed by atoms with Gasteiger partial charge >= 0.3 is 0 Å². The van der Waals surface area contributed by atoms with E-state index < -0.39 is 0 Å². The molecule has 0 aromatic carbocycles. The van der Waals surface area contributed by atoms with E-state index in [0.29, 0.717) is 0 Å². The van der Waals surface area contributed by atoms with Crippen molar-refractivity contribution < 1.29 is 4.11 Å². The largest absolute Gasteiger partial charge is 0.194 e. The van der Waals surface area contributed by atoms with Gasteiger partial charge in [-0.1, -0.05) is 274 Å². The van der Waals surface area contributed by atoms with E-state index in [1.807, 2.05) is 23.5 Å². The molecule has 0 bridgehead atoms. The lowest BCUT2D eigenvalue weighted by molar-refractivity contribution is 0.539. The van der Waals surface area contributed by atoms with Crippen LogP contribution in [0.4, 0.5) is 0 Å². The van der Waals surface area contributed by atoms with Crippen molar-refractivity contribution in [1.29, 1.82) is 0 Å². The van der Waals surface area contributed by atoms with E-state index in [1.165, 1.54) is 285 Å². The van der Waals surface area contributed by atoms with Gasteiger partial charge in [0.15, 0.2) is 0 Å². The van der Waals surface area contributed by atoms with Gasteiger partial charge in [-0.2, -0.15) is 54.2 Å². The quantitative estimate of drug-likeness (QED) is 0.0450. The first kappa shape index (κ1) is 70.1. The Kier molecular flexibility index (Phi) is 86.9. The Morgan fingerprint density at radius 2 is 0.455 bits per heavy atom. The first-order valence-corrected chi connectivity index (χ1v) is 31.9. The van der Waals surface area contributed by atoms with Crippen LogP contribution in [0, 0.1) is 0 Å². The zero-order chi connectivity index (χ0) is 52.3. The summed E-state index contributed by atoms with van der Waals surface area (Å²) in [7, 11) is 3.75. The molecule has 66 heavy (non-hydrogen) atoms. The molecule has 0 rings (SSSR count). The van der Waals surface area contributed by atoms with Crippen LogP contribution in [0.25, 0.3) is 0 Å². The van der Waals surface area contributed by atoms with Gasteiger partial charge in [-0.05, 0) is 50.2 Å². The minimum atomic E-state index is 0.818. The van der Waals surface area contributed by atoms with Gasteiger partial charge in [0, 0.05) is 9.87 Å². The van der Waals surface area contributed by atoms with Crippen LogP contribution in [0.1, 0.15) is 304 Å². The van der Waals surface area contributed by atoms with Crippen LogP contribution in [-0.4, -0.2) is 68.9 Å². The van der Waals surface area contributed by atoms with Crippen molar-refractivity contribution in [2.24, 2.45) is 30.7 Å². The van der Waals surface area contributed by atoms with Gasteiger partial charge in [-0.3, -0.25) is 0 Å². The predicted molar refractivity (Wildman–Crippen MR) is 316 cm³/mol. The number of nitrogens with zero attached hydrogens (tertiary/aromatic N) is 6. The van der Waals surface area contributed by atoms with Crippen LogP contribution >= 0.6 is 35.3 Å². The highest BCUT2D eigenvalue weighted by atomic mass is 32.2. The Bertz CT molecular complexity index is 850. The number of unbranched alkanes of at least 4 members (excludes halogenated alkanes) is 36. The summed E-state index contributed by atoms with van der Waals surface area (Å²) in [6, 6.07) is 0. The maximum absolute atomic E-state index is 5.75. The molecule has 0 saturated carbocycles. The first-order valence-electron chi connectivity index (χ1n) is 30.7. The van der Waals surface area contributed by atoms with Crippen molar-refractivity contribution in [2.45, 2.75) is 300 Å². The molecule has 402 valence electrons. The van der Waals surface area contributed by atoms with E-state index >= 15 is 0 Å². The molecule has 0 saturated heterocycles.